The van der Waals surface area contributed by atoms with Gasteiger partial charge in [-0.05, 0) is 30.7 Å². The number of anilines is 2. The van der Waals surface area contributed by atoms with Crippen LogP contribution in [-0.2, 0) is 0 Å². The first-order valence-corrected chi connectivity index (χ1v) is 6.13. The Morgan fingerprint density at radius 1 is 1.33 bits per heavy atom. The number of benzene rings is 1. The van der Waals surface area contributed by atoms with Gasteiger partial charge in [-0.3, -0.25) is 4.98 Å². The number of aromatic nitrogens is 1. The number of rotatable bonds is 3. The summed E-state index contributed by atoms with van der Waals surface area (Å²) in [6.45, 7) is 1.99. The summed E-state index contributed by atoms with van der Waals surface area (Å²) in [6, 6.07) is 7.55. The van der Waals surface area contributed by atoms with Gasteiger partial charge in [0.2, 0.25) is 0 Å². The van der Waals surface area contributed by atoms with Crippen LogP contribution in [0.4, 0.5) is 11.4 Å². The molecule has 92 valence electrons. The summed E-state index contributed by atoms with van der Waals surface area (Å²) >= 11 is 11.2. The molecule has 0 aliphatic heterocycles. The van der Waals surface area contributed by atoms with Crippen molar-refractivity contribution >= 4 is 40.2 Å². The molecule has 1 aromatic carbocycles. The van der Waals surface area contributed by atoms with Gasteiger partial charge >= 0.3 is 0 Å². The van der Waals surface area contributed by atoms with Crippen LogP contribution in [0, 0.1) is 6.92 Å². The van der Waals surface area contributed by atoms with Crippen molar-refractivity contribution < 1.29 is 0 Å². The molecule has 0 aliphatic rings. The fraction of sp³-hybridized carbons (Fsp3) is 0.0769. The topological polar surface area (TPSA) is 50.9 Å². The maximum absolute atomic E-state index is 6.16. The molecule has 0 spiro atoms. The van der Waals surface area contributed by atoms with E-state index < -0.39 is 0 Å². The zero-order valence-corrected chi connectivity index (χ0v) is 11.3. The van der Waals surface area contributed by atoms with Crippen molar-refractivity contribution in [3.8, 4) is 0 Å². The minimum atomic E-state index is 0.322. The molecule has 0 fully saturated rings. The van der Waals surface area contributed by atoms with Gasteiger partial charge in [0, 0.05) is 11.8 Å². The minimum Gasteiger partial charge on any atom is -0.389 e. The molecule has 1 aromatic heterocycles. The highest BCUT2D eigenvalue weighted by Crippen LogP contribution is 2.27. The van der Waals surface area contributed by atoms with E-state index in [1.54, 1.807) is 18.5 Å². The molecule has 0 radical (unpaired) electrons. The van der Waals surface area contributed by atoms with Crippen molar-refractivity contribution in [1.82, 2.24) is 4.98 Å². The molecule has 0 atom stereocenters. The van der Waals surface area contributed by atoms with Crippen molar-refractivity contribution in [2.75, 3.05) is 5.32 Å². The van der Waals surface area contributed by atoms with Crippen LogP contribution in [0.15, 0.2) is 36.7 Å². The number of nitrogens with zero attached hydrogens (tertiary/aromatic N) is 1. The predicted molar refractivity (Wildman–Crippen MR) is 79.6 cm³/mol. The second kappa shape index (κ2) is 5.33. The first-order chi connectivity index (χ1) is 8.58. The van der Waals surface area contributed by atoms with Crippen molar-refractivity contribution in [2.24, 2.45) is 5.73 Å². The molecule has 0 bridgehead atoms. The fourth-order valence-electron chi connectivity index (χ4n) is 1.58. The molecule has 1 heterocycles. The minimum absolute atomic E-state index is 0.322. The molecule has 0 aliphatic carbocycles. The number of halogens is 1. The SMILES string of the molecule is Cc1ccc(Nc2cnccc2C(N)=S)c(Cl)c1. The zero-order chi connectivity index (χ0) is 13.1. The largest absolute Gasteiger partial charge is 0.389 e. The van der Waals surface area contributed by atoms with Gasteiger partial charge in [0.1, 0.15) is 4.99 Å². The van der Waals surface area contributed by atoms with E-state index in [2.05, 4.69) is 10.3 Å². The average Bonchev–Trinajstić information content (AvgIpc) is 2.33. The van der Waals surface area contributed by atoms with E-state index in [9.17, 15) is 0 Å². The molecule has 0 unspecified atom stereocenters. The summed E-state index contributed by atoms with van der Waals surface area (Å²) < 4.78 is 0. The predicted octanol–water partition coefficient (Wildman–Crippen LogP) is 3.42. The lowest BCUT2D eigenvalue weighted by molar-refractivity contribution is 1.31. The number of aryl methyl sites for hydroxylation is 1. The Bertz CT molecular complexity index is 599. The quantitative estimate of drug-likeness (QED) is 0.844. The Hall–Kier alpha value is -1.65. The van der Waals surface area contributed by atoms with Crippen molar-refractivity contribution in [1.29, 1.82) is 0 Å². The fourth-order valence-corrected chi connectivity index (χ4v) is 2.04. The summed E-state index contributed by atoms with van der Waals surface area (Å²) in [4.78, 5) is 4.37. The molecule has 3 nitrogen and oxygen atoms in total. The van der Waals surface area contributed by atoms with Gasteiger partial charge in [-0.15, -0.1) is 0 Å². The molecular weight excluding hydrogens is 266 g/mol. The monoisotopic (exact) mass is 277 g/mol. The Balaban J connectivity index is 2.37. The molecule has 0 amide bonds. The molecule has 5 heteroatoms. The Morgan fingerprint density at radius 2 is 2.11 bits per heavy atom. The van der Waals surface area contributed by atoms with Crippen LogP contribution in [0.2, 0.25) is 5.02 Å². The van der Waals surface area contributed by atoms with Crippen LogP contribution in [0.25, 0.3) is 0 Å². The van der Waals surface area contributed by atoms with Crippen LogP contribution >= 0.6 is 23.8 Å². The third-order valence-corrected chi connectivity index (χ3v) is 3.01. The summed E-state index contributed by atoms with van der Waals surface area (Å²) in [5, 5.41) is 3.83. The molecule has 3 N–H and O–H groups in total. The summed E-state index contributed by atoms with van der Waals surface area (Å²) in [5.74, 6) is 0. The van der Waals surface area contributed by atoms with E-state index in [1.807, 2.05) is 25.1 Å². The Morgan fingerprint density at radius 3 is 2.78 bits per heavy atom. The van der Waals surface area contributed by atoms with Crippen LogP contribution in [0.5, 0.6) is 0 Å². The van der Waals surface area contributed by atoms with Crippen molar-refractivity contribution in [2.45, 2.75) is 6.92 Å². The van der Waals surface area contributed by atoms with E-state index in [0.717, 1.165) is 22.5 Å². The summed E-state index contributed by atoms with van der Waals surface area (Å²) in [7, 11) is 0. The van der Waals surface area contributed by atoms with Crippen molar-refractivity contribution in [3.63, 3.8) is 0 Å². The van der Waals surface area contributed by atoms with E-state index in [0.29, 0.717) is 10.0 Å². The Kier molecular flexibility index (Phi) is 3.79. The van der Waals surface area contributed by atoms with Gasteiger partial charge in [0.15, 0.2) is 0 Å². The van der Waals surface area contributed by atoms with Gasteiger partial charge in [-0.2, -0.15) is 0 Å². The molecule has 0 saturated heterocycles. The number of nitrogens with one attached hydrogen (secondary N) is 1. The van der Waals surface area contributed by atoms with Gasteiger partial charge < -0.3 is 11.1 Å². The van der Waals surface area contributed by atoms with Crippen LogP contribution in [-0.4, -0.2) is 9.97 Å². The van der Waals surface area contributed by atoms with Crippen LogP contribution in [0.1, 0.15) is 11.1 Å². The second-order valence-corrected chi connectivity index (χ2v) is 4.74. The average molecular weight is 278 g/mol. The van der Waals surface area contributed by atoms with E-state index >= 15 is 0 Å². The number of pyridine rings is 1. The number of thiocarbonyl (C=S) groups is 1. The van der Waals surface area contributed by atoms with E-state index in [1.165, 1.54) is 0 Å². The first-order valence-electron chi connectivity index (χ1n) is 5.35. The number of hydrogen-bond acceptors (Lipinski definition) is 3. The molecule has 2 rings (SSSR count). The standard InChI is InChI=1S/C13H12ClN3S/c1-8-2-3-11(10(14)6-8)17-12-7-16-5-4-9(12)13(15)18/h2-7,17H,1H3,(H2,15,18). The van der Waals surface area contributed by atoms with Gasteiger partial charge in [0.25, 0.3) is 0 Å². The highest BCUT2D eigenvalue weighted by Gasteiger charge is 2.07. The maximum Gasteiger partial charge on any atom is 0.106 e. The molecule has 0 saturated carbocycles. The highest BCUT2D eigenvalue weighted by molar-refractivity contribution is 7.80. The van der Waals surface area contributed by atoms with E-state index in [4.69, 9.17) is 29.6 Å². The lowest BCUT2D eigenvalue weighted by atomic mass is 10.2. The first kappa shape index (κ1) is 12.8. The normalized spacial score (nSPS) is 10.1. The third-order valence-electron chi connectivity index (χ3n) is 2.48. The smallest absolute Gasteiger partial charge is 0.106 e. The number of hydrogen-bond donors (Lipinski definition) is 2. The van der Waals surface area contributed by atoms with Crippen LogP contribution in [0.3, 0.4) is 0 Å². The molecule has 18 heavy (non-hydrogen) atoms. The summed E-state index contributed by atoms with van der Waals surface area (Å²) in [5.41, 5.74) is 9.06. The summed E-state index contributed by atoms with van der Waals surface area (Å²) in [6.07, 6.45) is 3.32. The lowest BCUT2D eigenvalue weighted by Crippen LogP contribution is -2.12. The third kappa shape index (κ3) is 2.78. The number of nitrogens with two attached hydrogens (primary N) is 1. The Labute approximate surface area is 116 Å². The van der Waals surface area contributed by atoms with Crippen LogP contribution < -0.4 is 11.1 Å². The van der Waals surface area contributed by atoms with E-state index in [-0.39, 0.29) is 0 Å². The highest BCUT2D eigenvalue weighted by atomic mass is 35.5. The van der Waals surface area contributed by atoms with Gasteiger partial charge in [-0.1, -0.05) is 29.9 Å². The maximum atomic E-state index is 6.16. The van der Waals surface area contributed by atoms with Crippen molar-refractivity contribution in [3.05, 3.63) is 52.8 Å². The molecule has 2 aromatic rings. The molecular formula is C13H12ClN3S. The second-order valence-electron chi connectivity index (χ2n) is 3.89. The van der Waals surface area contributed by atoms with Gasteiger partial charge in [-0.25, -0.2) is 0 Å². The lowest BCUT2D eigenvalue weighted by Gasteiger charge is -2.12. The zero-order valence-electron chi connectivity index (χ0n) is 9.77. The van der Waals surface area contributed by atoms with Gasteiger partial charge in [0.05, 0.1) is 22.6 Å².